The number of carbonyl (C=O) groups is 1. The lowest BCUT2D eigenvalue weighted by molar-refractivity contribution is -0.114. The number of likely N-dealkylation sites (N-methyl/N-ethyl adjacent to an activating group) is 1. The number of fused-ring (bicyclic) bond motifs is 1. The molecule has 0 radical (unpaired) electrons. The predicted octanol–water partition coefficient (Wildman–Crippen LogP) is 2.97. The van der Waals surface area contributed by atoms with E-state index in [1.165, 1.54) is 25.1 Å². The number of carbonyl (C=O) groups excluding carboxylic acids is 1. The summed E-state index contributed by atoms with van der Waals surface area (Å²) in [4.78, 5) is 13.2. The van der Waals surface area contributed by atoms with E-state index in [-0.39, 0.29) is 21.9 Å². The molecule has 1 atom stereocenters. The fourth-order valence-corrected chi connectivity index (χ4v) is 4.58. The zero-order valence-electron chi connectivity index (χ0n) is 17.2. The molecule has 10 heteroatoms. The molecule has 0 spiro atoms. The molecule has 1 heterocycles. The minimum Gasteiger partial charge on any atom is -0.496 e. The number of hydrogen-bond donors (Lipinski definition) is 2. The Labute approximate surface area is 181 Å². The minimum absolute atomic E-state index is 0.0341. The molecule has 1 aliphatic rings. The van der Waals surface area contributed by atoms with Gasteiger partial charge < -0.3 is 19.7 Å². The van der Waals surface area contributed by atoms with Crippen LogP contribution in [0.15, 0.2) is 35.2 Å². The molecule has 2 aromatic carbocycles. The van der Waals surface area contributed by atoms with Gasteiger partial charge in [0.25, 0.3) is 10.0 Å². The van der Waals surface area contributed by atoms with Crippen LogP contribution in [0.25, 0.3) is 0 Å². The Morgan fingerprint density at radius 3 is 2.53 bits per heavy atom. The van der Waals surface area contributed by atoms with E-state index in [9.17, 15) is 13.2 Å². The highest BCUT2D eigenvalue weighted by Gasteiger charge is 2.28. The Morgan fingerprint density at radius 1 is 1.23 bits per heavy atom. The van der Waals surface area contributed by atoms with Gasteiger partial charge in [-0.2, -0.15) is 0 Å². The van der Waals surface area contributed by atoms with E-state index < -0.39 is 10.0 Å². The Morgan fingerprint density at radius 2 is 1.93 bits per heavy atom. The van der Waals surface area contributed by atoms with E-state index in [4.69, 9.17) is 21.1 Å². The van der Waals surface area contributed by atoms with Gasteiger partial charge in [-0.25, -0.2) is 8.42 Å². The molecule has 0 saturated heterocycles. The van der Waals surface area contributed by atoms with Crippen molar-refractivity contribution in [2.24, 2.45) is 0 Å². The smallest absolute Gasteiger partial charge is 0.262 e. The van der Waals surface area contributed by atoms with Gasteiger partial charge >= 0.3 is 0 Å². The Hall–Kier alpha value is -2.49. The summed E-state index contributed by atoms with van der Waals surface area (Å²) in [6.45, 7) is 1.77. The largest absolute Gasteiger partial charge is 0.496 e. The zero-order valence-corrected chi connectivity index (χ0v) is 18.7. The summed E-state index contributed by atoms with van der Waals surface area (Å²) in [6.07, 6.45) is 0.665. The lowest BCUT2D eigenvalue weighted by Crippen LogP contribution is -2.38. The predicted molar refractivity (Wildman–Crippen MR) is 116 cm³/mol. The molecule has 0 bridgehead atoms. The second-order valence-electron chi connectivity index (χ2n) is 7.18. The molecule has 1 amide bonds. The number of nitrogens with zero attached hydrogens (tertiary/aromatic N) is 1. The lowest BCUT2D eigenvalue weighted by Gasteiger charge is -2.32. The third kappa shape index (κ3) is 4.63. The van der Waals surface area contributed by atoms with Crippen molar-refractivity contribution < 1.29 is 22.7 Å². The van der Waals surface area contributed by atoms with Crippen molar-refractivity contribution in [1.29, 1.82) is 0 Å². The summed E-state index contributed by atoms with van der Waals surface area (Å²) >= 11 is 6.13. The van der Waals surface area contributed by atoms with Crippen LogP contribution in [-0.4, -0.2) is 53.1 Å². The molecule has 0 saturated carbocycles. The Kier molecular flexibility index (Phi) is 6.44. The number of halogens is 1. The van der Waals surface area contributed by atoms with Crippen LogP contribution in [0.5, 0.6) is 11.5 Å². The van der Waals surface area contributed by atoms with Gasteiger partial charge in [0.1, 0.15) is 18.1 Å². The number of nitrogens with one attached hydrogen (secondary N) is 2. The molecule has 0 aliphatic carbocycles. The molecule has 3 rings (SSSR count). The van der Waals surface area contributed by atoms with Crippen LogP contribution in [0.3, 0.4) is 0 Å². The normalized spacial score (nSPS) is 15.9. The van der Waals surface area contributed by atoms with Gasteiger partial charge in [0.2, 0.25) is 5.91 Å². The number of methoxy groups -OCH3 is 1. The SMILES string of the molecule is COc1ccc(NS(=O)(=O)c2ccc(NC(C)=O)c(Cl)c2)c2c1C[C@@H](N(C)C)CO2. The van der Waals surface area contributed by atoms with Gasteiger partial charge in [-0.05, 0) is 50.8 Å². The number of benzene rings is 2. The van der Waals surface area contributed by atoms with Crippen molar-refractivity contribution in [2.75, 3.05) is 37.9 Å². The molecular weight excluding hydrogens is 430 g/mol. The van der Waals surface area contributed by atoms with Crippen LogP contribution in [-0.2, 0) is 21.2 Å². The monoisotopic (exact) mass is 453 g/mol. The topological polar surface area (TPSA) is 97.0 Å². The summed E-state index contributed by atoms with van der Waals surface area (Å²) < 4.78 is 39.8. The van der Waals surface area contributed by atoms with Crippen LogP contribution in [0.2, 0.25) is 5.02 Å². The average molecular weight is 454 g/mol. The zero-order chi connectivity index (χ0) is 22.1. The first-order valence-corrected chi connectivity index (χ1v) is 11.1. The van der Waals surface area contributed by atoms with Crippen LogP contribution in [0, 0.1) is 0 Å². The van der Waals surface area contributed by atoms with E-state index in [0.29, 0.717) is 35.9 Å². The average Bonchev–Trinajstić information content (AvgIpc) is 2.68. The first-order valence-electron chi connectivity index (χ1n) is 9.21. The van der Waals surface area contributed by atoms with Gasteiger partial charge in [-0.1, -0.05) is 11.6 Å². The van der Waals surface area contributed by atoms with E-state index >= 15 is 0 Å². The van der Waals surface area contributed by atoms with Gasteiger partial charge in [0.15, 0.2) is 0 Å². The molecule has 162 valence electrons. The highest BCUT2D eigenvalue weighted by atomic mass is 35.5. The second kappa shape index (κ2) is 8.71. The van der Waals surface area contributed by atoms with E-state index in [1.54, 1.807) is 19.2 Å². The van der Waals surface area contributed by atoms with Crippen LogP contribution < -0.4 is 19.5 Å². The van der Waals surface area contributed by atoms with E-state index in [2.05, 4.69) is 14.9 Å². The fourth-order valence-electron chi connectivity index (χ4n) is 3.20. The van der Waals surface area contributed by atoms with Gasteiger partial charge in [0, 0.05) is 18.5 Å². The molecule has 0 fully saturated rings. The number of anilines is 2. The number of ether oxygens (including phenoxy) is 2. The van der Waals surface area contributed by atoms with Crippen molar-refractivity contribution in [3.8, 4) is 11.5 Å². The Balaban J connectivity index is 1.93. The maximum absolute atomic E-state index is 12.9. The molecule has 0 unspecified atom stereocenters. The third-order valence-electron chi connectivity index (χ3n) is 4.83. The molecule has 1 aliphatic heterocycles. The molecular formula is C20H24ClN3O5S. The van der Waals surface area contributed by atoms with E-state index in [0.717, 1.165) is 5.56 Å². The maximum atomic E-state index is 12.9. The van der Waals surface area contributed by atoms with Crippen LogP contribution in [0.1, 0.15) is 12.5 Å². The van der Waals surface area contributed by atoms with E-state index in [1.807, 2.05) is 14.1 Å². The molecule has 2 N–H and O–H groups in total. The number of sulfonamides is 1. The highest BCUT2D eigenvalue weighted by molar-refractivity contribution is 7.92. The van der Waals surface area contributed by atoms with Crippen LogP contribution in [0.4, 0.5) is 11.4 Å². The van der Waals surface area contributed by atoms with Crippen molar-refractivity contribution >= 4 is 38.9 Å². The van der Waals surface area contributed by atoms with Gasteiger partial charge in [-0.3, -0.25) is 9.52 Å². The Bertz CT molecular complexity index is 1070. The van der Waals surface area contributed by atoms with Gasteiger partial charge in [-0.15, -0.1) is 0 Å². The summed E-state index contributed by atoms with van der Waals surface area (Å²) in [7, 11) is 1.55. The van der Waals surface area contributed by atoms with Crippen molar-refractivity contribution in [2.45, 2.75) is 24.3 Å². The van der Waals surface area contributed by atoms with Crippen molar-refractivity contribution in [1.82, 2.24) is 4.90 Å². The first-order chi connectivity index (χ1) is 14.1. The lowest BCUT2D eigenvalue weighted by atomic mass is 10.00. The quantitative estimate of drug-likeness (QED) is 0.698. The van der Waals surface area contributed by atoms with Gasteiger partial charge in [0.05, 0.1) is 28.4 Å². The van der Waals surface area contributed by atoms with Crippen molar-refractivity contribution in [3.05, 3.63) is 40.9 Å². The minimum atomic E-state index is -3.94. The number of amides is 1. The third-order valence-corrected chi connectivity index (χ3v) is 6.51. The summed E-state index contributed by atoms with van der Waals surface area (Å²) in [5, 5.41) is 2.66. The standard InChI is InChI=1S/C20H24ClN3O5S/c1-12(25)22-17-6-5-14(10-16(17)21)30(26,27)23-18-7-8-19(28-4)15-9-13(24(2)3)11-29-20(15)18/h5-8,10,13,23H,9,11H2,1-4H3,(H,22,25)/t13-/m1/s1. The van der Waals surface area contributed by atoms with Crippen molar-refractivity contribution in [3.63, 3.8) is 0 Å². The second-order valence-corrected chi connectivity index (χ2v) is 9.27. The summed E-state index contributed by atoms with van der Waals surface area (Å²) in [5.41, 5.74) is 1.47. The summed E-state index contributed by atoms with van der Waals surface area (Å²) in [6, 6.07) is 7.58. The molecule has 2 aromatic rings. The molecule has 30 heavy (non-hydrogen) atoms. The first kappa shape index (κ1) is 22.2. The van der Waals surface area contributed by atoms with Crippen LogP contribution >= 0.6 is 11.6 Å². The number of rotatable bonds is 6. The summed E-state index contributed by atoms with van der Waals surface area (Å²) in [5.74, 6) is 0.794. The molecule has 0 aromatic heterocycles. The maximum Gasteiger partial charge on any atom is 0.262 e. The fraction of sp³-hybridized carbons (Fsp3) is 0.350. The molecule has 8 nitrogen and oxygen atoms in total. The highest BCUT2D eigenvalue weighted by Crippen LogP contribution is 2.40. The number of hydrogen-bond acceptors (Lipinski definition) is 6.